The molecule has 0 amide bonds. The normalized spacial score (nSPS) is 18.3. The molecule has 1 fully saturated rings. The average Bonchev–Trinajstić information content (AvgIpc) is 2.61. The minimum absolute atomic E-state index is 0.168. The Morgan fingerprint density at radius 3 is 2.61 bits per heavy atom. The topological polar surface area (TPSA) is 88.4 Å². The Labute approximate surface area is 106 Å². The Morgan fingerprint density at radius 1 is 1.56 bits per heavy atom. The Bertz CT molecular complexity index is 557. The van der Waals surface area contributed by atoms with E-state index in [1.165, 1.54) is 12.3 Å². The van der Waals surface area contributed by atoms with Crippen LogP contribution in [0.4, 0.5) is 0 Å². The van der Waals surface area contributed by atoms with Crippen molar-refractivity contribution in [1.29, 1.82) is 0 Å². The third kappa shape index (κ3) is 2.56. The van der Waals surface area contributed by atoms with Crippen LogP contribution in [0.25, 0.3) is 0 Å². The Balaban J connectivity index is 2.19. The first-order valence-corrected chi connectivity index (χ1v) is 7.19. The molecule has 6 nitrogen and oxygen atoms in total. The van der Waals surface area contributed by atoms with Crippen molar-refractivity contribution in [2.24, 2.45) is 7.05 Å². The van der Waals surface area contributed by atoms with Crippen LogP contribution in [0.2, 0.25) is 0 Å². The number of aromatic nitrogens is 1. The van der Waals surface area contributed by atoms with Crippen LogP contribution in [0.1, 0.15) is 25.7 Å². The first-order chi connectivity index (χ1) is 8.33. The molecule has 1 aliphatic rings. The van der Waals surface area contributed by atoms with Crippen molar-refractivity contribution < 1.29 is 18.3 Å². The van der Waals surface area contributed by atoms with Gasteiger partial charge in [-0.15, -0.1) is 0 Å². The van der Waals surface area contributed by atoms with E-state index in [9.17, 15) is 13.2 Å². The first kappa shape index (κ1) is 13.1. The number of hydrogen-bond donors (Lipinski definition) is 2. The highest BCUT2D eigenvalue weighted by atomic mass is 32.2. The van der Waals surface area contributed by atoms with Gasteiger partial charge >= 0.3 is 5.97 Å². The number of aliphatic carboxylic acids is 1. The van der Waals surface area contributed by atoms with Gasteiger partial charge < -0.3 is 9.67 Å². The molecule has 0 bridgehead atoms. The van der Waals surface area contributed by atoms with E-state index in [1.807, 2.05) is 0 Å². The van der Waals surface area contributed by atoms with Gasteiger partial charge in [0.2, 0.25) is 10.0 Å². The van der Waals surface area contributed by atoms with Gasteiger partial charge in [-0.1, -0.05) is 0 Å². The van der Waals surface area contributed by atoms with E-state index in [0.717, 1.165) is 6.42 Å². The minimum atomic E-state index is -3.64. The smallest absolute Gasteiger partial charge is 0.305 e. The fraction of sp³-hybridized carbons (Fsp3) is 0.545. The summed E-state index contributed by atoms with van der Waals surface area (Å²) in [4.78, 5) is 11.0. The zero-order valence-electron chi connectivity index (χ0n) is 10.1. The van der Waals surface area contributed by atoms with Crippen molar-refractivity contribution >= 4 is 16.0 Å². The maximum absolute atomic E-state index is 12.1. The van der Waals surface area contributed by atoms with Crippen molar-refractivity contribution in [3.63, 3.8) is 0 Å². The Morgan fingerprint density at radius 2 is 2.22 bits per heavy atom. The summed E-state index contributed by atoms with van der Waals surface area (Å²) < 4.78 is 28.4. The number of carbonyl (C=O) groups is 1. The van der Waals surface area contributed by atoms with Crippen LogP contribution in [-0.2, 0) is 21.9 Å². The molecular formula is C11H16N2O4S. The van der Waals surface area contributed by atoms with E-state index in [0.29, 0.717) is 12.8 Å². The maximum atomic E-state index is 12.1. The molecular weight excluding hydrogens is 256 g/mol. The highest BCUT2D eigenvalue weighted by molar-refractivity contribution is 7.89. The van der Waals surface area contributed by atoms with Gasteiger partial charge in [0.25, 0.3) is 0 Å². The fourth-order valence-corrected chi connectivity index (χ4v) is 3.70. The Kier molecular flexibility index (Phi) is 3.20. The lowest BCUT2D eigenvalue weighted by Crippen LogP contribution is -2.54. The fourth-order valence-electron chi connectivity index (χ4n) is 2.19. The minimum Gasteiger partial charge on any atom is -0.481 e. The quantitative estimate of drug-likeness (QED) is 0.826. The lowest BCUT2D eigenvalue weighted by molar-refractivity contribution is -0.139. The summed E-state index contributed by atoms with van der Waals surface area (Å²) in [6.45, 7) is 0. The molecule has 1 aromatic rings. The largest absolute Gasteiger partial charge is 0.481 e. The van der Waals surface area contributed by atoms with Gasteiger partial charge in [0, 0.05) is 25.0 Å². The van der Waals surface area contributed by atoms with Gasteiger partial charge in [-0.2, -0.15) is 0 Å². The standard InChI is InChI=1S/C11H16N2O4S/c1-13-6-3-9(8-13)18(16,17)12-11(4-2-5-11)7-10(14)15/h3,6,8,12H,2,4-5,7H2,1H3,(H,14,15). The SMILES string of the molecule is Cn1ccc(S(=O)(=O)NC2(CC(=O)O)CCC2)c1. The summed E-state index contributed by atoms with van der Waals surface area (Å²) in [6.07, 6.45) is 4.97. The van der Waals surface area contributed by atoms with Gasteiger partial charge in [-0.25, -0.2) is 13.1 Å². The van der Waals surface area contributed by atoms with E-state index in [4.69, 9.17) is 5.11 Å². The van der Waals surface area contributed by atoms with Crippen molar-refractivity contribution in [3.05, 3.63) is 18.5 Å². The number of sulfonamides is 1. The predicted octanol–water partition coefficient (Wildman–Crippen LogP) is 0.701. The highest BCUT2D eigenvalue weighted by Crippen LogP contribution is 2.36. The van der Waals surface area contributed by atoms with Crippen LogP contribution < -0.4 is 4.72 Å². The molecule has 1 aromatic heterocycles. The van der Waals surface area contributed by atoms with Crippen molar-refractivity contribution in [2.75, 3.05) is 0 Å². The van der Waals surface area contributed by atoms with Crippen molar-refractivity contribution in [3.8, 4) is 0 Å². The molecule has 100 valence electrons. The lowest BCUT2D eigenvalue weighted by Gasteiger charge is -2.40. The van der Waals surface area contributed by atoms with Crippen LogP contribution in [0, 0.1) is 0 Å². The van der Waals surface area contributed by atoms with Crippen LogP contribution in [0.3, 0.4) is 0 Å². The molecule has 0 aliphatic heterocycles. The number of nitrogens with one attached hydrogen (secondary N) is 1. The molecule has 0 unspecified atom stereocenters. The summed E-state index contributed by atoms with van der Waals surface area (Å²) >= 11 is 0. The first-order valence-electron chi connectivity index (χ1n) is 5.71. The predicted molar refractivity (Wildman–Crippen MR) is 64.6 cm³/mol. The maximum Gasteiger partial charge on any atom is 0.305 e. The van der Waals surface area contributed by atoms with Gasteiger partial charge in [0.15, 0.2) is 0 Å². The van der Waals surface area contributed by atoms with Crippen molar-refractivity contribution in [2.45, 2.75) is 36.1 Å². The number of carboxylic acids is 1. The number of nitrogens with zero attached hydrogens (tertiary/aromatic N) is 1. The van der Waals surface area contributed by atoms with Crippen LogP contribution in [-0.4, -0.2) is 29.6 Å². The molecule has 0 atom stereocenters. The molecule has 0 saturated heterocycles. The molecule has 0 aromatic carbocycles. The monoisotopic (exact) mass is 272 g/mol. The number of hydrogen-bond acceptors (Lipinski definition) is 3. The zero-order chi connectivity index (χ0) is 13.4. The van der Waals surface area contributed by atoms with Crippen LogP contribution in [0.5, 0.6) is 0 Å². The summed E-state index contributed by atoms with van der Waals surface area (Å²) in [5.74, 6) is -0.981. The van der Waals surface area contributed by atoms with E-state index in [2.05, 4.69) is 4.72 Å². The molecule has 0 radical (unpaired) electrons. The third-order valence-electron chi connectivity index (χ3n) is 3.27. The lowest BCUT2D eigenvalue weighted by atomic mass is 9.75. The van der Waals surface area contributed by atoms with Gasteiger partial charge in [-0.05, 0) is 25.3 Å². The zero-order valence-corrected chi connectivity index (χ0v) is 10.9. The molecule has 1 aliphatic carbocycles. The van der Waals surface area contributed by atoms with Gasteiger partial charge in [0.1, 0.15) is 0 Å². The molecule has 0 spiro atoms. The molecule has 2 N–H and O–H groups in total. The van der Waals surface area contributed by atoms with E-state index in [-0.39, 0.29) is 11.3 Å². The summed E-state index contributed by atoms with van der Waals surface area (Å²) in [6, 6.07) is 1.50. The molecule has 18 heavy (non-hydrogen) atoms. The average molecular weight is 272 g/mol. The molecule has 1 heterocycles. The summed E-state index contributed by atoms with van der Waals surface area (Å²) in [5.41, 5.74) is -0.805. The van der Waals surface area contributed by atoms with E-state index >= 15 is 0 Å². The van der Waals surface area contributed by atoms with Crippen LogP contribution >= 0.6 is 0 Å². The molecule has 7 heteroatoms. The number of aryl methyl sites for hydroxylation is 1. The summed E-state index contributed by atoms with van der Waals surface area (Å²) in [5, 5.41) is 8.85. The second-order valence-electron chi connectivity index (χ2n) is 4.82. The van der Waals surface area contributed by atoms with Gasteiger partial charge in [-0.3, -0.25) is 4.79 Å². The molecule has 2 rings (SSSR count). The van der Waals surface area contributed by atoms with E-state index in [1.54, 1.807) is 17.8 Å². The Hall–Kier alpha value is -1.34. The van der Waals surface area contributed by atoms with Crippen molar-refractivity contribution in [1.82, 2.24) is 9.29 Å². The van der Waals surface area contributed by atoms with Gasteiger partial charge in [0.05, 0.1) is 11.3 Å². The summed E-state index contributed by atoms with van der Waals surface area (Å²) in [7, 11) is -1.91. The second-order valence-corrected chi connectivity index (χ2v) is 6.50. The number of rotatable bonds is 5. The highest BCUT2D eigenvalue weighted by Gasteiger charge is 2.42. The van der Waals surface area contributed by atoms with E-state index < -0.39 is 21.5 Å². The second kappa shape index (κ2) is 4.40. The van der Waals surface area contributed by atoms with Crippen LogP contribution in [0.15, 0.2) is 23.4 Å². The third-order valence-corrected chi connectivity index (χ3v) is 4.83. The molecule has 1 saturated carbocycles. The number of carboxylic acid groups (broad SMARTS) is 1.